The van der Waals surface area contributed by atoms with Crippen LogP contribution in [0.4, 0.5) is 5.95 Å². The molecule has 0 aliphatic carbocycles. The van der Waals surface area contributed by atoms with Crippen LogP contribution in [0.2, 0.25) is 5.02 Å². The van der Waals surface area contributed by atoms with E-state index in [9.17, 15) is 0 Å². The van der Waals surface area contributed by atoms with Gasteiger partial charge in [-0.05, 0) is 36.8 Å². The minimum atomic E-state index is 0.424. The number of nitrogens with zero attached hydrogens (tertiary/aromatic N) is 3. The summed E-state index contributed by atoms with van der Waals surface area (Å²) in [5.74, 6) is 1.62. The van der Waals surface area contributed by atoms with Crippen LogP contribution in [0.1, 0.15) is 19.4 Å². The molecular weight excluding hydrogens is 282 g/mol. The molecule has 20 heavy (non-hydrogen) atoms. The van der Waals surface area contributed by atoms with Crippen LogP contribution in [-0.4, -0.2) is 33.8 Å². The Hall–Kier alpha value is -2.02. The summed E-state index contributed by atoms with van der Waals surface area (Å²) in [5, 5.41) is 17.0. The molecule has 108 valence electrons. The van der Waals surface area contributed by atoms with Crippen molar-refractivity contribution >= 4 is 17.5 Å². The minimum absolute atomic E-state index is 0.424. The second-order valence-electron chi connectivity index (χ2n) is 3.86. The number of hydrogen-bond donors (Lipinski definition) is 2. The number of anilines is 1. The van der Waals surface area contributed by atoms with Crippen LogP contribution in [0.3, 0.4) is 0 Å². The largest absolute Gasteiger partial charge is 0.490 e. The van der Waals surface area contributed by atoms with Crippen molar-refractivity contribution < 1.29 is 9.47 Å². The highest BCUT2D eigenvalue weighted by molar-refractivity contribution is 6.32. The number of rotatable bonds is 7. The first kappa shape index (κ1) is 14.4. The third kappa shape index (κ3) is 3.51. The maximum Gasteiger partial charge on any atom is 0.263 e. The van der Waals surface area contributed by atoms with E-state index in [2.05, 4.69) is 25.9 Å². The van der Waals surface area contributed by atoms with E-state index >= 15 is 0 Å². The maximum atomic E-state index is 6.23. The van der Waals surface area contributed by atoms with E-state index in [1.807, 2.05) is 26.0 Å². The highest BCUT2D eigenvalue weighted by Gasteiger charge is 2.12. The molecule has 0 aliphatic heterocycles. The van der Waals surface area contributed by atoms with Gasteiger partial charge in [-0.2, -0.15) is 5.21 Å². The Balaban J connectivity index is 2.16. The molecule has 0 aliphatic rings. The molecule has 1 aromatic carbocycles. The lowest BCUT2D eigenvalue weighted by atomic mass is 10.2. The van der Waals surface area contributed by atoms with Gasteiger partial charge in [-0.1, -0.05) is 16.7 Å². The smallest absolute Gasteiger partial charge is 0.263 e. The number of aromatic nitrogens is 4. The summed E-state index contributed by atoms with van der Waals surface area (Å²) in [5.41, 5.74) is 0.937. The number of benzene rings is 1. The van der Waals surface area contributed by atoms with Crippen molar-refractivity contribution in [2.45, 2.75) is 20.4 Å². The first-order chi connectivity index (χ1) is 9.74. The zero-order valence-corrected chi connectivity index (χ0v) is 12.1. The number of ether oxygens (including phenoxy) is 2. The quantitative estimate of drug-likeness (QED) is 0.815. The predicted molar refractivity (Wildman–Crippen MR) is 75.3 cm³/mol. The number of H-pyrrole nitrogens is 1. The van der Waals surface area contributed by atoms with Gasteiger partial charge in [-0.25, -0.2) is 0 Å². The lowest BCUT2D eigenvalue weighted by Gasteiger charge is -2.14. The van der Waals surface area contributed by atoms with Gasteiger partial charge in [-0.15, -0.1) is 5.10 Å². The van der Waals surface area contributed by atoms with Gasteiger partial charge in [0.05, 0.1) is 18.2 Å². The van der Waals surface area contributed by atoms with Crippen molar-refractivity contribution in [3.63, 3.8) is 0 Å². The van der Waals surface area contributed by atoms with Crippen LogP contribution in [0.15, 0.2) is 12.1 Å². The van der Waals surface area contributed by atoms with E-state index in [-0.39, 0.29) is 0 Å². The lowest BCUT2D eigenvalue weighted by molar-refractivity contribution is 0.287. The summed E-state index contributed by atoms with van der Waals surface area (Å²) in [7, 11) is 0. The monoisotopic (exact) mass is 297 g/mol. The summed E-state index contributed by atoms with van der Waals surface area (Å²) in [6.07, 6.45) is 0. The summed E-state index contributed by atoms with van der Waals surface area (Å²) in [6.45, 7) is 5.38. The molecule has 0 atom stereocenters. The highest BCUT2D eigenvalue weighted by atomic mass is 35.5. The van der Waals surface area contributed by atoms with Crippen molar-refractivity contribution in [3.8, 4) is 11.5 Å². The Morgan fingerprint density at radius 1 is 1.25 bits per heavy atom. The number of hydrogen-bond acceptors (Lipinski definition) is 6. The number of aromatic amines is 1. The molecule has 0 saturated carbocycles. The van der Waals surface area contributed by atoms with Crippen molar-refractivity contribution in [2.24, 2.45) is 0 Å². The van der Waals surface area contributed by atoms with Gasteiger partial charge in [0.1, 0.15) is 0 Å². The molecule has 0 radical (unpaired) electrons. The molecule has 8 heteroatoms. The summed E-state index contributed by atoms with van der Waals surface area (Å²) in [6, 6.07) is 3.70. The lowest BCUT2D eigenvalue weighted by Crippen LogP contribution is -2.04. The van der Waals surface area contributed by atoms with Gasteiger partial charge in [0.15, 0.2) is 11.5 Å². The Bertz CT molecular complexity index is 547. The van der Waals surface area contributed by atoms with Gasteiger partial charge in [0.25, 0.3) is 5.95 Å². The van der Waals surface area contributed by atoms with Crippen LogP contribution in [0.5, 0.6) is 11.5 Å². The number of halogens is 1. The predicted octanol–water partition coefficient (Wildman–Crippen LogP) is 2.26. The first-order valence-corrected chi connectivity index (χ1v) is 6.67. The summed E-state index contributed by atoms with van der Waals surface area (Å²) >= 11 is 6.23. The van der Waals surface area contributed by atoms with Crippen LogP contribution >= 0.6 is 11.6 Å². The van der Waals surface area contributed by atoms with E-state index in [4.69, 9.17) is 21.1 Å². The van der Waals surface area contributed by atoms with Crippen LogP contribution in [0, 0.1) is 0 Å². The molecule has 0 amide bonds. The molecule has 0 bridgehead atoms. The molecule has 0 spiro atoms. The van der Waals surface area contributed by atoms with Gasteiger partial charge in [0, 0.05) is 6.54 Å². The molecule has 1 heterocycles. The number of tetrazole rings is 1. The molecule has 7 nitrogen and oxygen atoms in total. The molecular formula is C12H16ClN5O2. The van der Waals surface area contributed by atoms with E-state index < -0.39 is 0 Å². The van der Waals surface area contributed by atoms with E-state index in [0.717, 1.165) is 5.56 Å². The fraction of sp³-hybridized carbons (Fsp3) is 0.417. The first-order valence-electron chi connectivity index (χ1n) is 6.30. The van der Waals surface area contributed by atoms with Crippen molar-refractivity contribution in [1.82, 2.24) is 20.6 Å². The Kier molecular flexibility index (Phi) is 5.00. The fourth-order valence-electron chi connectivity index (χ4n) is 1.69. The third-order valence-corrected chi connectivity index (χ3v) is 2.73. The zero-order chi connectivity index (χ0) is 14.4. The Morgan fingerprint density at radius 2 is 2.05 bits per heavy atom. The zero-order valence-electron chi connectivity index (χ0n) is 11.3. The van der Waals surface area contributed by atoms with Crippen molar-refractivity contribution in [3.05, 3.63) is 22.7 Å². The van der Waals surface area contributed by atoms with Crippen molar-refractivity contribution in [2.75, 3.05) is 18.5 Å². The van der Waals surface area contributed by atoms with E-state index in [1.54, 1.807) is 0 Å². The Labute approximate surface area is 121 Å². The third-order valence-electron chi connectivity index (χ3n) is 2.45. The average molecular weight is 298 g/mol. The average Bonchev–Trinajstić information content (AvgIpc) is 2.94. The van der Waals surface area contributed by atoms with Crippen LogP contribution in [0.25, 0.3) is 0 Å². The Morgan fingerprint density at radius 3 is 2.70 bits per heavy atom. The second-order valence-corrected chi connectivity index (χ2v) is 4.27. The van der Waals surface area contributed by atoms with Crippen LogP contribution < -0.4 is 14.8 Å². The topological polar surface area (TPSA) is 85.0 Å². The highest BCUT2D eigenvalue weighted by Crippen LogP contribution is 2.36. The van der Waals surface area contributed by atoms with Crippen LogP contribution in [-0.2, 0) is 6.54 Å². The normalized spacial score (nSPS) is 10.3. The molecule has 2 aromatic rings. The fourth-order valence-corrected chi connectivity index (χ4v) is 1.98. The molecule has 0 saturated heterocycles. The molecule has 0 unspecified atom stereocenters. The van der Waals surface area contributed by atoms with E-state index in [1.165, 1.54) is 0 Å². The molecule has 0 fully saturated rings. The minimum Gasteiger partial charge on any atom is -0.490 e. The molecule has 2 rings (SSSR count). The summed E-state index contributed by atoms with van der Waals surface area (Å²) < 4.78 is 11.1. The van der Waals surface area contributed by atoms with Gasteiger partial charge < -0.3 is 14.8 Å². The van der Waals surface area contributed by atoms with Crippen molar-refractivity contribution in [1.29, 1.82) is 0 Å². The molecule has 2 N–H and O–H groups in total. The maximum absolute atomic E-state index is 6.23. The SMILES string of the molecule is CCOc1cc(CNc2nn[nH]n2)cc(Cl)c1OCC. The van der Waals surface area contributed by atoms with Gasteiger partial charge in [-0.3, -0.25) is 0 Å². The number of nitrogens with one attached hydrogen (secondary N) is 2. The standard InChI is InChI=1S/C12H16ClN5O2/c1-3-19-10-6-8(5-9(13)11(10)20-4-2)7-14-12-15-17-18-16-12/h5-6H,3-4,7H2,1-2H3,(H2,14,15,16,17,18). The second kappa shape index (κ2) is 6.95. The summed E-state index contributed by atoms with van der Waals surface area (Å²) in [4.78, 5) is 0. The van der Waals surface area contributed by atoms with Gasteiger partial charge >= 0.3 is 0 Å². The van der Waals surface area contributed by atoms with E-state index in [0.29, 0.717) is 42.2 Å². The van der Waals surface area contributed by atoms with Gasteiger partial charge in [0.2, 0.25) is 0 Å². The molecule has 1 aromatic heterocycles.